The first-order valence-electron chi connectivity index (χ1n) is 47.4. The van der Waals surface area contributed by atoms with Gasteiger partial charge in [0.1, 0.15) is 34.5 Å². The van der Waals surface area contributed by atoms with E-state index in [1.54, 1.807) is 36.4 Å². The Labute approximate surface area is 764 Å². The molecule has 0 unspecified atom stereocenters. The molecule has 0 aromatic heterocycles. The van der Waals surface area contributed by atoms with Crippen molar-refractivity contribution in [2.45, 2.75) is 311 Å². The Balaban J connectivity index is 0.000000169. The van der Waals surface area contributed by atoms with Gasteiger partial charge in [0.25, 0.3) is 0 Å². The monoisotopic (exact) mass is 1800 g/mol. The number of hydrogen-bond donors (Lipinski definition) is 0. The number of unbranched alkanes of at least 4 members (excludes halogenated alkanes) is 30. The second kappa shape index (κ2) is 47.6. The van der Waals surface area contributed by atoms with E-state index < -0.39 is 23.5 Å². The van der Waals surface area contributed by atoms with Gasteiger partial charge < -0.3 is 41.8 Å². The van der Waals surface area contributed by atoms with Crippen molar-refractivity contribution in [3.8, 4) is 67.9 Å². The minimum Gasteiger partial charge on any atom is -0.736 e. The molecular formula is C108H132O12P3Y. The molecular weight excluding hydrogens is 1670 g/mol. The fourth-order valence-corrected chi connectivity index (χ4v) is 21.0. The van der Waals surface area contributed by atoms with Crippen molar-refractivity contribution < 1.29 is 88.2 Å². The predicted molar refractivity (Wildman–Crippen MR) is 510 cm³/mol. The number of fused-ring (bicyclic) bond motifs is 21. The number of hydrogen-bond acceptors (Lipinski definition) is 12. The van der Waals surface area contributed by atoms with Crippen molar-refractivity contribution in [3.05, 3.63) is 215 Å². The Bertz CT molecular complexity index is 4800. The molecule has 16 heteroatoms. The van der Waals surface area contributed by atoms with Gasteiger partial charge in [-0.25, -0.2) is 13.7 Å². The summed E-state index contributed by atoms with van der Waals surface area (Å²) < 4.78 is 71.5. The zero-order chi connectivity index (χ0) is 86.0. The quantitative estimate of drug-likeness (QED) is 0.0262. The van der Waals surface area contributed by atoms with Crippen LogP contribution in [-0.4, -0.2) is 0 Å². The predicted octanol–water partition coefficient (Wildman–Crippen LogP) is 32.1. The third-order valence-corrected chi connectivity index (χ3v) is 27.7. The molecule has 0 amide bonds. The number of phosphoric acid groups is 3. The van der Waals surface area contributed by atoms with Crippen molar-refractivity contribution in [2.75, 3.05) is 0 Å². The van der Waals surface area contributed by atoms with Gasteiger partial charge in [-0.05, 0) is 211 Å². The van der Waals surface area contributed by atoms with Gasteiger partial charge in [-0.3, -0.25) is 0 Å². The molecule has 12 aromatic rings. The number of phosphoric ester groups is 3. The molecule has 0 bridgehead atoms. The Hall–Kier alpha value is -7.33. The van der Waals surface area contributed by atoms with Crippen LogP contribution >= 0.6 is 23.5 Å². The third kappa shape index (κ3) is 26.0. The average molecular weight is 1800 g/mol. The van der Waals surface area contributed by atoms with E-state index in [0.29, 0.717) is 34.5 Å². The molecule has 3 heterocycles. The molecule has 0 radical (unpaired) electrons. The van der Waals surface area contributed by atoms with Crippen LogP contribution in [0.4, 0.5) is 0 Å². The third-order valence-electron chi connectivity index (χ3n) is 25.2. The topological polar surface area (TPSA) is 176 Å². The molecule has 3 aliphatic heterocycles. The van der Waals surface area contributed by atoms with Crippen molar-refractivity contribution in [2.24, 2.45) is 0 Å². The van der Waals surface area contributed by atoms with E-state index in [1.165, 1.54) is 265 Å². The molecule has 0 fully saturated rings. The first-order valence-corrected chi connectivity index (χ1v) is 51.8. The summed E-state index contributed by atoms with van der Waals surface area (Å²) in [5, 5.41) is 12.4. The molecule has 3 aliphatic rings. The maximum Gasteiger partial charge on any atom is 3.00 e. The van der Waals surface area contributed by atoms with Crippen LogP contribution in [-0.2, 0) is 84.9 Å². The van der Waals surface area contributed by atoms with E-state index in [4.69, 9.17) is 27.1 Å². The average Bonchev–Trinajstić information content (AvgIpc) is 1.47. The molecule has 0 aliphatic carbocycles. The van der Waals surface area contributed by atoms with Crippen LogP contribution in [0.5, 0.6) is 34.5 Å². The molecule has 0 N–H and O–H groups in total. The van der Waals surface area contributed by atoms with E-state index in [-0.39, 0.29) is 32.7 Å². The summed E-state index contributed by atoms with van der Waals surface area (Å²) >= 11 is 0. The zero-order valence-corrected chi connectivity index (χ0v) is 80.4. The second-order valence-corrected chi connectivity index (χ2v) is 38.7. The first kappa shape index (κ1) is 95.8. The van der Waals surface area contributed by atoms with Crippen LogP contribution in [0.2, 0.25) is 0 Å². The molecule has 0 saturated heterocycles. The largest absolute Gasteiger partial charge is 3.00 e. The van der Waals surface area contributed by atoms with Crippen LogP contribution in [0.3, 0.4) is 0 Å². The number of rotatable bonds is 42. The van der Waals surface area contributed by atoms with Crippen molar-refractivity contribution in [1.82, 2.24) is 0 Å². The zero-order valence-electron chi connectivity index (χ0n) is 74.8. The van der Waals surface area contributed by atoms with Crippen molar-refractivity contribution in [1.29, 1.82) is 0 Å². The maximum atomic E-state index is 12.8. The first-order chi connectivity index (χ1) is 60.0. The molecule has 12 nitrogen and oxygen atoms in total. The van der Waals surface area contributed by atoms with E-state index >= 15 is 0 Å². The van der Waals surface area contributed by atoms with Crippen molar-refractivity contribution in [3.63, 3.8) is 0 Å². The summed E-state index contributed by atoms with van der Waals surface area (Å²) in [5.41, 5.74) is 12.6. The molecule has 124 heavy (non-hydrogen) atoms. The Kier molecular flexibility index (Phi) is 36.8. The van der Waals surface area contributed by atoms with Crippen LogP contribution < -0.4 is 41.8 Å². The fourth-order valence-electron chi connectivity index (χ4n) is 18.5. The molecule has 0 saturated carbocycles. The van der Waals surface area contributed by atoms with Gasteiger partial charge in [0.05, 0.1) is 0 Å². The smallest absolute Gasteiger partial charge is 0.736 e. The Morgan fingerprint density at radius 1 is 0.194 bits per heavy atom. The Morgan fingerprint density at radius 3 is 0.476 bits per heavy atom. The summed E-state index contributed by atoms with van der Waals surface area (Å²) in [4.78, 5) is 38.4. The van der Waals surface area contributed by atoms with E-state index in [0.717, 1.165) is 137 Å². The van der Waals surface area contributed by atoms with Gasteiger partial charge in [0.2, 0.25) is 0 Å². The SMILES string of the molecule is CCCCCCCCc1ccc2c3c(ccc2c1)OP(=O)([O-])Oc1ccc2cc(CCCCCCCC)ccc2c1-3.CCCCCCCCc1ccc2c3c(ccc2c1)OP(=O)([O-])Oc1ccc2cc(CCCCCCCC)ccc2c1-3.CCCCCCCCc1ccc2c3c(ccc2c1)OP(=O)([O-])Oc1ccc2cc(CCCCCCCC)ccc2c1-3.[Y+3]. The molecule has 654 valence electrons. The standard InChI is InChI=1S/3C36H45O4P.Y/c3*1-3-5-7-9-11-13-15-27-17-21-31-29(25-27)19-23-33-35(31)36-32-22-18-28(16-14-12-10-8-6-4-2)26-30(32)20-24-34(36)40-41(37,38)39-33;/h3*17-26H,3-16H2,1-2H3,(H,37,38);/q;;;+3/p-3. The van der Waals surface area contributed by atoms with Crippen LogP contribution in [0.25, 0.3) is 98.0 Å². The second-order valence-electron chi connectivity index (χ2n) is 35.0. The molecule has 0 spiro atoms. The van der Waals surface area contributed by atoms with E-state index in [1.807, 2.05) is 36.4 Å². The van der Waals surface area contributed by atoms with E-state index in [2.05, 4.69) is 151 Å². The van der Waals surface area contributed by atoms with Gasteiger partial charge in [-0.15, -0.1) is 0 Å². The Morgan fingerprint density at radius 2 is 0.331 bits per heavy atom. The molecule has 12 aromatic carbocycles. The number of benzene rings is 12. The fraction of sp³-hybridized carbons (Fsp3) is 0.444. The van der Waals surface area contributed by atoms with Crippen LogP contribution in [0.15, 0.2) is 182 Å². The van der Waals surface area contributed by atoms with E-state index in [9.17, 15) is 28.4 Å². The normalized spacial score (nSPS) is 13.7. The van der Waals surface area contributed by atoms with Crippen molar-refractivity contribution >= 4 is 88.1 Å². The summed E-state index contributed by atoms with van der Waals surface area (Å²) in [6.45, 7) is 13.5. The van der Waals surface area contributed by atoms with Crippen LogP contribution in [0.1, 0.15) is 306 Å². The summed E-state index contributed by atoms with van der Waals surface area (Å²) in [7, 11) is -13.7. The van der Waals surface area contributed by atoms with Gasteiger partial charge in [-0.2, -0.15) is 0 Å². The van der Waals surface area contributed by atoms with Gasteiger partial charge >= 0.3 is 56.2 Å². The van der Waals surface area contributed by atoms with Gasteiger partial charge in [-0.1, -0.05) is 380 Å². The van der Waals surface area contributed by atoms with Gasteiger partial charge in [0, 0.05) is 33.4 Å². The van der Waals surface area contributed by atoms with Crippen LogP contribution in [0, 0.1) is 0 Å². The minimum atomic E-state index is -4.57. The molecule has 0 atom stereocenters. The summed E-state index contributed by atoms with van der Waals surface area (Å²) in [6, 6.07) is 61.8. The summed E-state index contributed by atoms with van der Waals surface area (Å²) in [5.74, 6) is 1.93. The maximum absolute atomic E-state index is 12.8. The summed E-state index contributed by atoms with van der Waals surface area (Å²) in [6.07, 6.45) is 52.2. The molecule has 15 rings (SSSR count). The number of aryl methyl sites for hydroxylation is 6. The van der Waals surface area contributed by atoms with Gasteiger partial charge in [0.15, 0.2) is 0 Å². The minimum absolute atomic E-state index is 0.